The van der Waals surface area contributed by atoms with Crippen LogP contribution in [0.1, 0.15) is 49.5 Å². The van der Waals surface area contributed by atoms with Gasteiger partial charge >= 0.3 is 5.97 Å². The number of halogens is 1. The second-order valence-electron chi connectivity index (χ2n) is 5.13. The first-order valence-corrected chi connectivity index (χ1v) is 7.25. The van der Waals surface area contributed by atoms with E-state index in [0.717, 1.165) is 31.5 Å². The molecule has 0 bridgehead atoms. The van der Waals surface area contributed by atoms with E-state index in [9.17, 15) is 9.18 Å². The average Bonchev–Trinajstić information content (AvgIpc) is 2.44. The zero-order valence-electron chi connectivity index (χ0n) is 12.5. The summed E-state index contributed by atoms with van der Waals surface area (Å²) >= 11 is 0. The number of aromatic carboxylic acids is 1. The van der Waals surface area contributed by atoms with E-state index in [1.54, 1.807) is 6.07 Å². The minimum Gasteiger partial charge on any atom is -0.478 e. The van der Waals surface area contributed by atoms with Crippen LogP contribution in [-0.4, -0.2) is 29.1 Å². The number of carboxylic acids is 1. The molecule has 1 N–H and O–H groups in total. The van der Waals surface area contributed by atoms with Crippen molar-refractivity contribution in [2.75, 3.05) is 13.1 Å². The quantitative estimate of drug-likeness (QED) is 0.788. The van der Waals surface area contributed by atoms with Crippen LogP contribution >= 0.6 is 0 Å². The number of hydrogen-bond donors (Lipinski definition) is 1. The molecule has 0 amide bonds. The van der Waals surface area contributed by atoms with Crippen LogP contribution in [0.15, 0.2) is 18.2 Å². The molecular formula is C16H24FNO2. The minimum absolute atomic E-state index is 0.249. The Morgan fingerprint density at radius 2 is 1.95 bits per heavy atom. The lowest BCUT2D eigenvalue weighted by molar-refractivity contribution is 0.0691. The van der Waals surface area contributed by atoms with Crippen LogP contribution in [0.4, 0.5) is 4.39 Å². The molecule has 112 valence electrons. The third-order valence-electron chi connectivity index (χ3n) is 3.79. The molecule has 20 heavy (non-hydrogen) atoms. The molecule has 0 atom stereocenters. The van der Waals surface area contributed by atoms with Gasteiger partial charge in [0, 0.05) is 13.1 Å². The summed E-state index contributed by atoms with van der Waals surface area (Å²) in [4.78, 5) is 13.2. The summed E-state index contributed by atoms with van der Waals surface area (Å²) in [5.74, 6) is -1.24. The number of carboxylic acid groups (broad SMARTS) is 1. The molecule has 0 heterocycles. The Morgan fingerprint density at radius 1 is 1.30 bits per heavy atom. The van der Waals surface area contributed by atoms with Gasteiger partial charge in [0.25, 0.3) is 0 Å². The third-order valence-corrected chi connectivity index (χ3v) is 3.79. The molecular weight excluding hydrogens is 257 g/mol. The van der Waals surface area contributed by atoms with Crippen molar-refractivity contribution in [2.24, 2.45) is 5.92 Å². The van der Waals surface area contributed by atoms with Gasteiger partial charge in [0.1, 0.15) is 5.82 Å². The maximum atomic E-state index is 13.4. The summed E-state index contributed by atoms with van der Waals surface area (Å²) in [6.45, 7) is 9.00. The molecule has 4 heteroatoms. The first-order valence-electron chi connectivity index (χ1n) is 7.25. The van der Waals surface area contributed by atoms with Gasteiger partial charge in [0.15, 0.2) is 0 Å². The largest absolute Gasteiger partial charge is 0.478 e. The maximum Gasteiger partial charge on any atom is 0.338 e. The molecule has 0 unspecified atom stereocenters. The van der Waals surface area contributed by atoms with Gasteiger partial charge in [-0.2, -0.15) is 0 Å². The fourth-order valence-electron chi connectivity index (χ4n) is 2.31. The predicted molar refractivity (Wildman–Crippen MR) is 78.4 cm³/mol. The lowest BCUT2D eigenvalue weighted by atomic mass is 10.0. The van der Waals surface area contributed by atoms with E-state index in [4.69, 9.17) is 5.11 Å². The molecule has 0 aliphatic heterocycles. The lowest BCUT2D eigenvalue weighted by Crippen LogP contribution is -2.28. The number of nitrogens with zero attached hydrogens (tertiary/aromatic N) is 1. The molecule has 3 nitrogen and oxygen atoms in total. The van der Waals surface area contributed by atoms with Crippen LogP contribution in [-0.2, 0) is 6.54 Å². The third kappa shape index (κ3) is 4.60. The molecule has 1 rings (SSSR count). The van der Waals surface area contributed by atoms with Gasteiger partial charge in [-0.3, -0.25) is 4.90 Å². The van der Waals surface area contributed by atoms with E-state index in [1.165, 1.54) is 12.1 Å². The van der Waals surface area contributed by atoms with Gasteiger partial charge in [-0.05, 0) is 30.2 Å². The molecule has 1 aromatic rings. The minimum atomic E-state index is -1.22. The highest BCUT2D eigenvalue weighted by molar-refractivity contribution is 5.88. The van der Waals surface area contributed by atoms with Gasteiger partial charge in [0.2, 0.25) is 0 Å². The zero-order valence-corrected chi connectivity index (χ0v) is 12.5. The van der Waals surface area contributed by atoms with Gasteiger partial charge in [-0.15, -0.1) is 0 Å². The fourth-order valence-corrected chi connectivity index (χ4v) is 2.31. The van der Waals surface area contributed by atoms with E-state index in [2.05, 4.69) is 25.7 Å². The van der Waals surface area contributed by atoms with E-state index >= 15 is 0 Å². The number of carbonyl (C=O) groups is 1. The molecule has 0 saturated heterocycles. The molecule has 0 aliphatic carbocycles. The van der Waals surface area contributed by atoms with Gasteiger partial charge in [-0.1, -0.05) is 39.7 Å². The molecule has 0 fully saturated rings. The van der Waals surface area contributed by atoms with Crippen molar-refractivity contribution in [3.05, 3.63) is 35.1 Å². The molecule has 0 aliphatic rings. The standard InChI is InChI=1S/C16H24FNO2/c1-4-12(5-2)10-18(6-3)11-13-7-8-15(17)14(9-13)16(19)20/h7-9,12H,4-6,10-11H2,1-3H3,(H,19,20). The summed E-state index contributed by atoms with van der Waals surface area (Å²) in [6.07, 6.45) is 2.27. The highest BCUT2D eigenvalue weighted by atomic mass is 19.1. The fraction of sp³-hybridized carbons (Fsp3) is 0.562. The number of rotatable bonds is 8. The maximum absolute atomic E-state index is 13.4. The molecule has 0 spiro atoms. The Balaban J connectivity index is 2.79. The Bertz CT molecular complexity index is 444. The second-order valence-corrected chi connectivity index (χ2v) is 5.13. The zero-order chi connectivity index (χ0) is 15.1. The summed E-state index contributed by atoms with van der Waals surface area (Å²) < 4.78 is 13.4. The summed E-state index contributed by atoms with van der Waals surface area (Å²) in [5, 5.41) is 8.95. The van der Waals surface area contributed by atoms with Crippen molar-refractivity contribution in [1.82, 2.24) is 4.90 Å². The first-order chi connectivity index (χ1) is 9.51. The molecule has 1 aromatic carbocycles. The van der Waals surface area contributed by atoms with Crippen LogP contribution in [0.25, 0.3) is 0 Å². The van der Waals surface area contributed by atoms with Gasteiger partial charge in [-0.25, -0.2) is 9.18 Å². The molecule has 0 radical (unpaired) electrons. The Hall–Kier alpha value is -1.42. The van der Waals surface area contributed by atoms with Crippen molar-refractivity contribution in [2.45, 2.75) is 40.2 Å². The second kappa shape index (κ2) is 8.00. The monoisotopic (exact) mass is 281 g/mol. The Morgan fingerprint density at radius 3 is 2.45 bits per heavy atom. The van der Waals surface area contributed by atoms with Crippen molar-refractivity contribution < 1.29 is 14.3 Å². The summed E-state index contributed by atoms with van der Waals surface area (Å²) in [7, 11) is 0. The molecule has 0 saturated carbocycles. The summed E-state index contributed by atoms with van der Waals surface area (Å²) in [6, 6.07) is 4.34. The molecule has 0 aromatic heterocycles. The highest BCUT2D eigenvalue weighted by Crippen LogP contribution is 2.15. The average molecular weight is 281 g/mol. The summed E-state index contributed by atoms with van der Waals surface area (Å²) in [5.41, 5.74) is 0.595. The van der Waals surface area contributed by atoms with E-state index in [1.807, 2.05) is 0 Å². The van der Waals surface area contributed by atoms with Crippen LogP contribution in [0.5, 0.6) is 0 Å². The topological polar surface area (TPSA) is 40.5 Å². The van der Waals surface area contributed by atoms with E-state index < -0.39 is 11.8 Å². The lowest BCUT2D eigenvalue weighted by Gasteiger charge is -2.25. The van der Waals surface area contributed by atoms with Gasteiger partial charge < -0.3 is 5.11 Å². The van der Waals surface area contributed by atoms with Crippen LogP contribution in [0.3, 0.4) is 0 Å². The SMILES string of the molecule is CCC(CC)CN(CC)Cc1ccc(F)c(C(=O)O)c1. The van der Waals surface area contributed by atoms with Crippen molar-refractivity contribution >= 4 is 5.97 Å². The number of benzene rings is 1. The van der Waals surface area contributed by atoms with Crippen LogP contribution < -0.4 is 0 Å². The first kappa shape index (κ1) is 16.6. The smallest absolute Gasteiger partial charge is 0.338 e. The van der Waals surface area contributed by atoms with Gasteiger partial charge in [0.05, 0.1) is 5.56 Å². The highest BCUT2D eigenvalue weighted by Gasteiger charge is 2.14. The predicted octanol–water partition coefficient (Wildman–Crippen LogP) is 3.78. The van der Waals surface area contributed by atoms with Crippen molar-refractivity contribution in [3.8, 4) is 0 Å². The Kier molecular flexibility index (Phi) is 6.65. The Labute approximate surface area is 120 Å². The van der Waals surface area contributed by atoms with E-state index in [0.29, 0.717) is 12.5 Å². The normalized spacial score (nSPS) is 11.3. The van der Waals surface area contributed by atoms with Crippen molar-refractivity contribution in [1.29, 1.82) is 0 Å². The number of hydrogen-bond acceptors (Lipinski definition) is 2. The van der Waals surface area contributed by atoms with Crippen molar-refractivity contribution in [3.63, 3.8) is 0 Å². The van der Waals surface area contributed by atoms with Crippen LogP contribution in [0.2, 0.25) is 0 Å². The van der Waals surface area contributed by atoms with E-state index in [-0.39, 0.29) is 5.56 Å². The van der Waals surface area contributed by atoms with Crippen LogP contribution in [0, 0.1) is 11.7 Å².